The van der Waals surface area contributed by atoms with Gasteiger partial charge in [-0.15, -0.1) is 11.3 Å². The van der Waals surface area contributed by atoms with Gasteiger partial charge in [0.1, 0.15) is 0 Å². The molecule has 6 nitrogen and oxygen atoms in total. The highest BCUT2D eigenvalue weighted by Gasteiger charge is 2.12. The predicted octanol–water partition coefficient (Wildman–Crippen LogP) is 4.58. The number of carbonyl (C=O) groups excluding carboxylic acids is 2. The smallest absolute Gasteiger partial charge is 0.331 e. The Morgan fingerprint density at radius 2 is 1.88 bits per heavy atom. The molecule has 0 bridgehead atoms. The molecular formula is C24H23ClN2O4S. The van der Waals surface area contributed by atoms with Crippen LogP contribution >= 0.6 is 22.9 Å². The van der Waals surface area contributed by atoms with Crippen molar-refractivity contribution in [1.29, 1.82) is 0 Å². The summed E-state index contributed by atoms with van der Waals surface area (Å²) in [4.78, 5) is 27.2. The maximum Gasteiger partial charge on any atom is 0.331 e. The zero-order valence-corrected chi connectivity index (χ0v) is 19.0. The predicted molar refractivity (Wildman–Crippen MR) is 128 cm³/mol. The van der Waals surface area contributed by atoms with Crippen LogP contribution in [-0.2, 0) is 25.6 Å². The number of ether oxygens (including phenoxy) is 2. The molecule has 1 saturated heterocycles. The summed E-state index contributed by atoms with van der Waals surface area (Å²) in [7, 11) is 0. The Labute approximate surface area is 195 Å². The molecule has 4 rings (SSSR count). The third-order valence-corrected chi connectivity index (χ3v) is 6.68. The van der Waals surface area contributed by atoms with Gasteiger partial charge in [0.25, 0.3) is 5.91 Å². The van der Waals surface area contributed by atoms with Crippen LogP contribution in [0.15, 0.2) is 54.6 Å². The van der Waals surface area contributed by atoms with Crippen LogP contribution < -0.4 is 5.32 Å². The van der Waals surface area contributed by atoms with E-state index < -0.39 is 11.9 Å². The maximum absolute atomic E-state index is 12.1. The number of benzene rings is 2. The van der Waals surface area contributed by atoms with Gasteiger partial charge in [0.15, 0.2) is 6.61 Å². The molecule has 1 aromatic heterocycles. The fraction of sp³-hybridized carbons (Fsp3) is 0.250. The lowest BCUT2D eigenvalue weighted by atomic mass is 10.2. The number of fused-ring (bicyclic) bond motifs is 1. The molecule has 32 heavy (non-hydrogen) atoms. The average molecular weight is 471 g/mol. The van der Waals surface area contributed by atoms with Gasteiger partial charge in [0.05, 0.1) is 18.2 Å². The van der Waals surface area contributed by atoms with Crippen molar-refractivity contribution in [1.82, 2.24) is 4.90 Å². The van der Waals surface area contributed by atoms with Crippen LogP contribution in [0.4, 0.5) is 5.69 Å². The second-order valence-corrected chi connectivity index (χ2v) is 8.81. The van der Waals surface area contributed by atoms with E-state index in [4.69, 9.17) is 21.1 Å². The molecule has 166 valence electrons. The van der Waals surface area contributed by atoms with Gasteiger partial charge in [-0.1, -0.05) is 41.9 Å². The Hall–Kier alpha value is -2.71. The first kappa shape index (κ1) is 22.5. The molecule has 1 N–H and O–H groups in total. The molecule has 0 spiro atoms. The maximum atomic E-state index is 12.1. The van der Waals surface area contributed by atoms with Crippen LogP contribution in [0.25, 0.3) is 16.2 Å². The van der Waals surface area contributed by atoms with Crippen LogP contribution in [0.5, 0.6) is 0 Å². The number of amides is 1. The number of nitrogens with one attached hydrogen (secondary N) is 1. The largest absolute Gasteiger partial charge is 0.452 e. The van der Waals surface area contributed by atoms with Crippen LogP contribution in [0.3, 0.4) is 0 Å². The van der Waals surface area contributed by atoms with E-state index in [1.54, 1.807) is 6.08 Å². The number of carbonyl (C=O) groups is 2. The molecule has 0 saturated carbocycles. The molecule has 3 aromatic rings. The highest BCUT2D eigenvalue weighted by Crippen LogP contribution is 2.35. The second kappa shape index (κ2) is 10.7. The van der Waals surface area contributed by atoms with E-state index in [0.29, 0.717) is 10.7 Å². The average Bonchev–Trinajstić information content (AvgIpc) is 3.14. The summed E-state index contributed by atoms with van der Waals surface area (Å²) in [5.74, 6) is -0.998. The van der Waals surface area contributed by atoms with E-state index in [-0.39, 0.29) is 6.61 Å². The highest BCUT2D eigenvalue weighted by atomic mass is 35.5. The van der Waals surface area contributed by atoms with Crippen molar-refractivity contribution in [2.24, 2.45) is 0 Å². The molecule has 1 fully saturated rings. The van der Waals surface area contributed by atoms with Crippen molar-refractivity contribution in [2.45, 2.75) is 6.54 Å². The fourth-order valence-corrected chi connectivity index (χ4v) is 4.78. The van der Waals surface area contributed by atoms with E-state index in [9.17, 15) is 9.59 Å². The summed E-state index contributed by atoms with van der Waals surface area (Å²) >= 11 is 7.85. The van der Waals surface area contributed by atoms with Gasteiger partial charge in [-0.05, 0) is 29.8 Å². The van der Waals surface area contributed by atoms with Gasteiger partial charge >= 0.3 is 5.97 Å². The van der Waals surface area contributed by atoms with Crippen molar-refractivity contribution < 1.29 is 19.1 Å². The molecular weight excluding hydrogens is 448 g/mol. The van der Waals surface area contributed by atoms with Gasteiger partial charge < -0.3 is 14.8 Å². The van der Waals surface area contributed by atoms with E-state index in [2.05, 4.69) is 10.2 Å². The van der Waals surface area contributed by atoms with E-state index in [1.807, 2.05) is 48.5 Å². The van der Waals surface area contributed by atoms with Gasteiger partial charge in [0.2, 0.25) is 0 Å². The number of thiophene rings is 1. The van der Waals surface area contributed by atoms with Crippen LogP contribution in [0.1, 0.15) is 10.4 Å². The fourth-order valence-electron chi connectivity index (χ4n) is 3.38. The third kappa shape index (κ3) is 5.95. The summed E-state index contributed by atoms with van der Waals surface area (Å²) in [6.45, 7) is 3.86. The Morgan fingerprint density at radius 1 is 1.12 bits per heavy atom. The van der Waals surface area contributed by atoms with Gasteiger partial charge in [0, 0.05) is 46.4 Å². The second-order valence-electron chi connectivity index (χ2n) is 7.35. The van der Waals surface area contributed by atoms with E-state index in [1.165, 1.54) is 23.0 Å². The van der Waals surface area contributed by atoms with Crippen LogP contribution in [0.2, 0.25) is 5.02 Å². The summed E-state index contributed by atoms with van der Waals surface area (Å²) in [5, 5.41) is 4.28. The Balaban J connectivity index is 1.23. The highest BCUT2D eigenvalue weighted by molar-refractivity contribution is 7.20. The Bertz CT molecular complexity index is 1120. The number of morpholine rings is 1. The van der Waals surface area contributed by atoms with Crippen molar-refractivity contribution in [3.05, 3.63) is 70.1 Å². The molecule has 0 aliphatic carbocycles. The van der Waals surface area contributed by atoms with Gasteiger partial charge in [-0.2, -0.15) is 0 Å². The van der Waals surface area contributed by atoms with Gasteiger partial charge in [-0.3, -0.25) is 9.69 Å². The summed E-state index contributed by atoms with van der Waals surface area (Å²) in [6.07, 6.45) is 2.89. The first-order chi connectivity index (χ1) is 15.6. The van der Waals surface area contributed by atoms with Crippen molar-refractivity contribution in [3.8, 4) is 0 Å². The molecule has 0 atom stereocenters. The summed E-state index contributed by atoms with van der Waals surface area (Å²) in [6, 6.07) is 15.4. The molecule has 0 unspecified atom stereocenters. The lowest BCUT2D eigenvalue weighted by molar-refractivity contribution is -0.142. The molecule has 1 aliphatic rings. The number of rotatable bonds is 7. The molecule has 1 aliphatic heterocycles. The number of hydrogen-bond donors (Lipinski definition) is 1. The monoisotopic (exact) mass is 470 g/mol. The third-order valence-electron chi connectivity index (χ3n) is 5.02. The topological polar surface area (TPSA) is 67.9 Å². The SMILES string of the molecule is O=C(COC(=O)/C=C/c1sc2ccccc2c1Cl)Nc1ccc(CN2CCOCC2)cc1. The number of nitrogens with zero attached hydrogens (tertiary/aromatic N) is 1. The minimum atomic E-state index is -0.602. The van der Waals surface area contributed by atoms with Crippen molar-refractivity contribution >= 4 is 56.7 Å². The molecule has 2 aromatic carbocycles. The first-order valence-electron chi connectivity index (χ1n) is 10.3. The van der Waals surface area contributed by atoms with Crippen LogP contribution in [0, 0.1) is 0 Å². The minimum absolute atomic E-state index is 0.362. The number of anilines is 1. The van der Waals surface area contributed by atoms with E-state index in [0.717, 1.165) is 47.8 Å². The standard InChI is InChI=1S/C24H23ClN2O4S/c25-24-19-3-1-2-4-20(19)32-21(24)9-10-23(29)31-16-22(28)26-18-7-5-17(6-8-18)15-27-11-13-30-14-12-27/h1-10H,11-16H2,(H,26,28)/b10-9+. The van der Waals surface area contributed by atoms with Crippen molar-refractivity contribution in [2.75, 3.05) is 38.2 Å². The number of hydrogen-bond acceptors (Lipinski definition) is 6. The molecule has 0 radical (unpaired) electrons. The summed E-state index contributed by atoms with van der Waals surface area (Å²) < 4.78 is 11.4. The lowest BCUT2D eigenvalue weighted by Crippen LogP contribution is -2.35. The van der Waals surface area contributed by atoms with E-state index >= 15 is 0 Å². The number of esters is 1. The normalized spacial score (nSPS) is 14.7. The quantitative estimate of drug-likeness (QED) is 0.404. The minimum Gasteiger partial charge on any atom is -0.452 e. The van der Waals surface area contributed by atoms with Crippen LogP contribution in [-0.4, -0.2) is 49.7 Å². The zero-order chi connectivity index (χ0) is 22.3. The Morgan fingerprint density at radius 3 is 2.62 bits per heavy atom. The number of halogens is 1. The zero-order valence-electron chi connectivity index (χ0n) is 17.4. The lowest BCUT2D eigenvalue weighted by Gasteiger charge is -2.26. The summed E-state index contributed by atoms with van der Waals surface area (Å²) in [5.41, 5.74) is 1.82. The molecule has 8 heteroatoms. The first-order valence-corrected chi connectivity index (χ1v) is 11.5. The molecule has 2 heterocycles. The van der Waals surface area contributed by atoms with Gasteiger partial charge in [-0.25, -0.2) is 4.79 Å². The molecule has 1 amide bonds. The Kier molecular flexibility index (Phi) is 7.55. The van der Waals surface area contributed by atoms with Crippen molar-refractivity contribution in [3.63, 3.8) is 0 Å².